The molecule has 0 radical (unpaired) electrons. The fraction of sp³-hybridized carbons (Fsp3) is 0. The van der Waals surface area contributed by atoms with E-state index in [0.29, 0.717) is 20.7 Å². The second-order valence-electron chi connectivity index (χ2n) is 5.26. The minimum Gasteiger partial charge on any atom is -0.507 e. The monoisotopic (exact) mass is 353 g/mol. The SMILES string of the molecule is Oc1cc2ccccc2cc1-c1nnc(Nc2ccc(Cl)cc2)s1. The normalized spacial score (nSPS) is 10.9. The van der Waals surface area contributed by atoms with Gasteiger partial charge < -0.3 is 10.4 Å². The molecule has 0 unspecified atom stereocenters. The molecule has 0 bridgehead atoms. The van der Waals surface area contributed by atoms with Gasteiger partial charge in [-0.05, 0) is 47.2 Å². The number of nitrogens with zero attached hydrogens (tertiary/aromatic N) is 2. The van der Waals surface area contributed by atoms with Crippen molar-refractivity contribution in [2.75, 3.05) is 5.32 Å². The number of hydrogen-bond donors (Lipinski definition) is 2. The Morgan fingerprint density at radius 2 is 1.62 bits per heavy atom. The summed E-state index contributed by atoms with van der Waals surface area (Å²) in [5, 5.41) is 25.8. The first-order valence-electron chi connectivity index (χ1n) is 7.27. The number of aromatic hydroxyl groups is 1. The Hall–Kier alpha value is -2.63. The van der Waals surface area contributed by atoms with Gasteiger partial charge in [0.25, 0.3) is 0 Å². The maximum Gasteiger partial charge on any atom is 0.210 e. The Balaban J connectivity index is 1.67. The fourth-order valence-electron chi connectivity index (χ4n) is 2.44. The van der Waals surface area contributed by atoms with Crippen LogP contribution in [0.15, 0.2) is 60.7 Å². The zero-order chi connectivity index (χ0) is 16.5. The van der Waals surface area contributed by atoms with Crippen molar-refractivity contribution >= 4 is 44.5 Å². The molecule has 0 spiro atoms. The molecular formula is C18H12ClN3OS. The lowest BCUT2D eigenvalue weighted by Crippen LogP contribution is -1.88. The van der Waals surface area contributed by atoms with Gasteiger partial charge in [-0.15, -0.1) is 10.2 Å². The first-order chi connectivity index (χ1) is 11.7. The lowest BCUT2D eigenvalue weighted by atomic mass is 10.1. The van der Waals surface area contributed by atoms with Crippen LogP contribution >= 0.6 is 22.9 Å². The van der Waals surface area contributed by atoms with Gasteiger partial charge in [0, 0.05) is 10.7 Å². The molecule has 0 amide bonds. The molecular weight excluding hydrogens is 342 g/mol. The quantitative estimate of drug-likeness (QED) is 0.513. The number of anilines is 2. The number of nitrogens with one attached hydrogen (secondary N) is 1. The zero-order valence-corrected chi connectivity index (χ0v) is 14.0. The zero-order valence-electron chi connectivity index (χ0n) is 12.4. The van der Waals surface area contributed by atoms with Gasteiger partial charge in [-0.2, -0.15) is 0 Å². The van der Waals surface area contributed by atoms with Gasteiger partial charge in [0.15, 0.2) is 5.01 Å². The first-order valence-corrected chi connectivity index (χ1v) is 8.47. The minimum absolute atomic E-state index is 0.197. The molecule has 4 nitrogen and oxygen atoms in total. The summed E-state index contributed by atoms with van der Waals surface area (Å²) < 4.78 is 0. The largest absolute Gasteiger partial charge is 0.507 e. The predicted molar refractivity (Wildman–Crippen MR) is 99.3 cm³/mol. The minimum atomic E-state index is 0.197. The average molecular weight is 354 g/mol. The summed E-state index contributed by atoms with van der Waals surface area (Å²) in [7, 11) is 0. The highest BCUT2D eigenvalue weighted by molar-refractivity contribution is 7.18. The van der Waals surface area contributed by atoms with Crippen LogP contribution in [0.2, 0.25) is 5.02 Å². The molecule has 3 aromatic carbocycles. The summed E-state index contributed by atoms with van der Waals surface area (Å²) in [6.07, 6.45) is 0. The van der Waals surface area contributed by atoms with Crippen molar-refractivity contribution in [3.63, 3.8) is 0 Å². The number of fused-ring (bicyclic) bond motifs is 1. The maximum atomic E-state index is 10.3. The van der Waals surface area contributed by atoms with Gasteiger partial charge in [-0.1, -0.05) is 47.2 Å². The van der Waals surface area contributed by atoms with E-state index in [1.165, 1.54) is 11.3 Å². The summed E-state index contributed by atoms with van der Waals surface area (Å²) in [6.45, 7) is 0. The van der Waals surface area contributed by atoms with Crippen molar-refractivity contribution in [2.24, 2.45) is 0 Å². The molecule has 2 N–H and O–H groups in total. The molecule has 118 valence electrons. The second-order valence-corrected chi connectivity index (χ2v) is 6.67. The van der Waals surface area contributed by atoms with E-state index in [2.05, 4.69) is 15.5 Å². The van der Waals surface area contributed by atoms with Crippen LogP contribution in [-0.2, 0) is 0 Å². The summed E-state index contributed by atoms with van der Waals surface area (Å²) in [5.74, 6) is 0.197. The lowest BCUT2D eigenvalue weighted by molar-refractivity contribution is 0.478. The van der Waals surface area contributed by atoms with Gasteiger partial charge in [0.1, 0.15) is 5.75 Å². The Morgan fingerprint density at radius 3 is 2.38 bits per heavy atom. The van der Waals surface area contributed by atoms with Crippen LogP contribution in [0.5, 0.6) is 5.75 Å². The molecule has 0 atom stereocenters. The number of hydrogen-bond acceptors (Lipinski definition) is 5. The molecule has 4 rings (SSSR count). The van der Waals surface area contributed by atoms with Gasteiger partial charge in [-0.3, -0.25) is 0 Å². The molecule has 4 aromatic rings. The van der Waals surface area contributed by atoms with E-state index in [4.69, 9.17) is 11.6 Å². The molecule has 24 heavy (non-hydrogen) atoms. The highest BCUT2D eigenvalue weighted by atomic mass is 35.5. The predicted octanol–water partition coefficient (Wildman–Crippen LogP) is 5.46. The van der Waals surface area contributed by atoms with Gasteiger partial charge in [0.05, 0.1) is 5.56 Å². The maximum absolute atomic E-state index is 10.3. The Kier molecular flexibility index (Phi) is 3.80. The van der Waals surface area contributed by atoms with Crippen LogP contribution in [-0.4, -0.2) is 15.3 Å². The van der Waals surface area contributed by atoms with Crippen molar-refractivity contribution in [2.45, 2.75) is 0 Å². The van der Waals surface area contributed by atoms with E-state index < -0.39 is 0 Å². The molecule has 0 saturated heterocycles. The van der Waals surface area contributed by atoms with Crippen molar-refractivity contribution in [3.05, 3.63) is 65.7 Å². The number of rotatable bonds is 3. The van der Waals surface area contributed by atoms with E-state index in [9.17, 15) is 5.11 Å². The Labute approximate surface area is 147 Å². The third-order valence-corrected chi connectivity index (χ3v) is 4.74. The van der Waals surface area contributed by atoms with Crippen LogP contribution in [0.3, 0.4) is 0 Å². The second kappa shape index (κ2) is 6.11. The number of aromatic nitrogens is 2. The number of halogens is 1. The van der Waals surface area contributed by atoms with E-state index in [1.807, 2.05) is 42.5 Å². The number of benzene rings is 3. The molecule has 6 heteroatoms. The number of phenolic OH excluding ortho intramolecular Hbond substituents is 1. The van der Waals surface area contributed by atoms with E-state index in [-0.39, 0.29) is 5.75 Å². The van der Waals surface area contributed by atoms with Crippen LogP contribution in [0.25, 0.3) is 21.3 Å². The highest BCUT2D eigenvalue weighted by Gasteiger charge is 2.12. The van der Waals surface area contributed by atoms with Crippen molar-refractivity contribution < 1.29 is 5.11 Å². The van der Waals surface area contributed by atoms with E-state index >= 15 is 0 Å². The molecule has 0 saturated carbocycles. The standard InChI is InChI=1S/C18H12ClN3OS/c19-13-5-7-14(8-6-13)20-18-22-21-17(24-18)15-9-11-3-1-2-4-12(11)10-16(15)23/h1-10,23H,(H,20,22). The third kappa shape index (κ3) is 2.91. The molecule has 0 aliphatic heterocycles. The lowest BCUT2D eigenvalue weighted by Gasteiger charge is -2.04. The van der Waals surface area contributed by atoms with Crippen molar-refractivity contribution in [1.82, 2.24) is 10.2 Å². The molecule has 1 aromatic heterocycles. The smallest absolute Gasteiger partial charge is 0.210 e. The average Bonchev–Trinajstić information content (AvgIpc) is 3.04. The molecule has 1 heterocycles. The molecule has 0 aliphatic rings. The summed E-state index contributed by atoms with van der Waals surface area (Å²) >= 11 is 7.26. The van der Waals surface area contributed by atoms with Crippen LogP contribution in [0.1, 0.15) is 0 Å². The highest BCUT2D eigenvalue weighted by Crippen LogP contribution is 2.36. The Bertz CT molecular complexity index is 1010. The van der Waals surface area contributed by atoms with Gasteiger partial charge in [-0.25, -0.2) is 0 Å². The topological polar surface area (TPSA) is 58.0 Å². The van der Waals surface area contributed by atoms with Gasteiger partial charge in [0.2, 0.25) is 5.13 Å². The Morgan fingerprint density at radius 1 is 0.917 bits per heavy atom. The summed E-state index contributed by atoms with van der Waals surface area (Å²) in [6, 6.07) is 18.9. The molecule has 0 fully saturated rings. The van der Waals surface area contributed by atoms with E-state index in [0.717, 1.165) is 16.5 Å². The van der Waals surface area contributed by atoms with Crippen LogP contribution in [0.4, 0.5) is 10.8 Å². The van der Waals surface area contributed by atoms with E-state index in [1.54, 1.807) is 18.2 Å². The van der Waals surface area contributed by atoms with Crippen molar-refractivity contribution in [1.29, 1.82) is 0 Å². The van der Waals surface area contributed by atoms with Crippen molar-refractivity contribution in [3.8, 4) is 16.3 Å². The third-order valence-electron chi connectivity index (χ3n) is 3.61. The molecule has 0 aliphatic carbocycles. The summed E-state index contributed by atoms with van der Waals surface area (Å²) in [4.78, 5) is 0. The first kappa shape index (κ1) is 14.9. The van der Waals surface area contributed by atoms with Gasteiger partial charge >= 0.3 is 0 Å². The van der Waals surface area contributed by atoms with Crippen LogP contribution in [0, 0.1) is 0 Å². The number of phenols is 1. The van der Waals surface area contributed by atoms with Crippen LogP contribution < -0.4 is 5.32 Å². The summed E-state index contributed by atoms with van der Waals surface area (Å²) in [5.41, 5.74) is 1.56. The fourth-order valence-corrected chi connectivity index (χ4v) is 3.35.